The maximum atomic E-state index is 9.75. The lowest BCUT2D eigenvalue weighted by Gasteiger charge is -2.19. The number of aliphatic hydroxyl groups is 1. The lowest BCUT2D eigenvalue weighted by atomic mass is 9.88. The molecule has 0 amide bonds. The van der Waals surface area contributed by atoms with Gasteiger partial charge in [0.1, 0.15) is 10.7 Å². The maximum absolute atomic E-state index is 9.75. The van der Waals surface area contributed by atoms with Crippen LogP contribution >= 0.6 is 11.3 Å². The van der Waals surface area contributed by atoms with E-state index < -0.39 is 0 Å². The molecule has 1 saturated carbocycles. The molecule has 4 nitrogen and oxygen atoms in total. The number of fused-ring (bicyclic) bond motifs is 1. The number of hydrogen-bond donors (Lipinski definition) is 1. The second-order valence-electron chi connectivity index (χ2n) is 7.10. The van der Waals surface area contributed by atoms with Gasteiger partial charge in [0, 0.05) is 29.9 Å². The van der Waals surface area contributed by atoms with E-state index >= 15 is 0 Å². The summed E-state index contributed by atoms with van der Waals surface area (Å²) >= 11 is 1.87. The number of rotatable bonds is 3. The van der Waals surface area contributed by atoms with E-state index in [0.29, 0.717) is 0 Å². The minimum Gasteiger partial charge on any atom is -0.392 e. The molecule has 0 bridgehead atoms. The second-order valence-corrected chi connectivity index (χ2v) is 8.16. The Labute approximate surface area is 141 Å². The predicted molar refractivity (Wildman–Crippen MR) is 93.9 cm³/mol. The summed E-state index contributed by atoms with van der Waals surface area (Å²) in [6.45, 7) is 4.55. The molecule has 2 fully saturated rings. The third-order valence-electron chi connectivity index (χ3n) is 5.23. The van der Waals surface area contributed by atoms with Crippen molar-refractivity contribution < 1.29 is 5.11 Å². The molecular weight excluding hydrogens is 306 g/mol. The molecule has 1 saturated heterocycles. The average molecular weight is 331 g/mol. The molecule has 0 spiro atoms. The highest BCUT2D eigenvalue weighted by Crippen LogP contribution is 2.39. The van der Waals surface area contributed by atoms with E-state index in [-0.39, 0.29) is 6.10 Å². The average Bonchev–Trinajstić information content (AvgIpc) is 3.14. The summed E-state index contributed by atoms with van der Waals surface area (Å²) in [5.41, 5.74) is 1.14. The first-order chi connectivity index (χ1) is 11.2. The number of β-amino-alcohol motifs (C(OH)–C–C–N with tert-alkyl or cyclic N) is 1. The van der Waals surface area contributed by atoms with E-state index in [0.717, 1.165) is 48.3 Å². The molecule has 4 rings (SSSR count). The van der Waals surface area contributed by atoms with Crippen molar-refractivity contribution >= 4 is 21.6 Å². The normalized spacial score (nSPS) is 23.8. The highest BCUT2D eigenvalue weighted by Gasteiger charge is 2.23. The fourth-order valence-electron chi connectivity index (χ4n) is 3.99. The molecule has 2 aromatic rings. The van der Waals surface area contributed by atoms with Crippen LogP contribution in [0.4, 0.5) is 0 Å². The van der Waals surface area contributed by atoms with Crippen LogP contribution in [0.5, 0.6) is 0 Å². The van der Waals surface area contributed by atoms with Crippen molar-refractivity contribution in [1.29, 1.82) is 0 Å². The Kier molecular flexibility index (Phi) is 4.35. The Morgan fingerprint density at radius 1 is 1.22 bits per heavy atom. The van der Waals surface area contributed by atoms with Crippen LogP contribution in [0, 0.1) is 6.92 Å². The molecule has 2 aliphatic rings. The van der Waals surface area contributed by atoms with Crippen LogP contribution in [0.3, 0.4) is 0 Å². The van der Waals surface area contributed by atoms with Gasteiger partial charge in [0.25, 0.3) is 0 Å². The standard InChI is InChI=1S/C18H25N3OS/c1-12-19-16(11-21-8-7-14(22)10-21)15-9-17(23-18(15)20-12)13-5-3-2-4-6-13/h9,13-14,22H,2-8,10-11H2,1H3/t14-/m0/s1. The fourth-order valence-corrected chi connectivity index (χ4v) is 5.26. The zero-order valence-corrected chi connectivity index (χ0v) is 14.6. The largest absolute Gasteiger partial charge is 0.392 e. The smallest absolute Gasteiger partial charge is 0.127 e. The SMILES string of the molecule is Cc1nc(CN2CC[C@H](O)C2)c2cc(C3CCCCC3)sc2n1. The molecule has 124 valence electrons. The van der Waals surface area contributed by atoms with E-state index in [9.17, 15) is 5.11 Å². The van der Waals surface area contributed by atoms with Gasteiger partial charge in [-0.1, -0.05) is 19.3 Å². The van der Waals surface area contributed by atoms with Crippen LogP contribution in [0.25, 0.3) is 10.2 Å². The van der Waals surface area contributed by atoms with Crippen molar-refractivity contribution in [3.8, 4) is 0 Å². The minimum absolute atomic E-state index is 0.173. The first kappa shape index (κ1) is 15.5. The van der Waals surface area contributed by atoms with Crippen LogP contribution in [0.2, 0.25) is 0 Å². The summed E-state index contributed by atoms with van der Waals surface area (Å²) in [4.78, 5) is 14.4. The number of aromatic nitrogens is 2. The van der Waals surface area contributed by atoms with Crippen LogP contribution in [0.15, 0.2) is 6.07 Å². The molecule has 2 aromatic heterocycles. The van der Waals surface area contributed by atoms with Gasteiger partial charge in [0.15, 0.2) is 0 Å². The summed E-state index contributed by atoms with van der Waals surface area (Å²) in [7, 11) is 0. The van der Waals surface area contributed by atoms with E-state index in [1.807, 2.05) is 18.3 Å². The summed E-state index contributed by atoms with van der Waals surface area (Å²) in [5, 5.41) is 11.0. The first-order valence-corrected chi connectivity index (χ1v) is 9.68. The molecule has 0 unspecified atom stereocenters. The molecule has 1 atom stereocenters. The van der Waals surface area contributed by atoms with Crippen molar-refractivity contribution in [3.05, 3.63) is 22.5 Å². The van der Waals surface area contributed by atoms with Gasteiger partial charge < -0.3 is 5.11 Å². The number of aryl methyl sites for hydroxylation is 1. The summed E-state index contributed by atoms with van der Waals surface area (Å²) in [5.74, 6) is 1.59. The zero-order chi connectivity index (χ0) is 15.8. The van der Waals surface area contributed by atoms with Crippen molar-refractivity contribution in [2.24, 2.45) is 0 Å². The summed E-state index contributed by atoms with van der Waals surface area (Å²) in [6.07, 6.45) is 7.48. The Balaban J connectivity index is 1.64. The molecule has 0 radical (unpaired) electrons. The van der Waals surface area contributed by atoms with Crippen molar-refractivity contribution in [1.82, 2.24) is 14.9 Å². The summed E-state index contributed by atoms with van der Waals surface area (Å²) < 4.78 is 0. The van der Waals surface area contributed by atoms with E-state index in [1.165, 1.54) is 42.4 Å². The molecule has 1 aliphatic heterocycles. The fraction of sp³-hybridized carbons (Fsp3) is 0.667. The topological polar surface area (TPSA) is 49.2 Å². The molecule has 1 aliphatic carbocycles. The van der Waals surface area contributed by atoms with Gasteiger partial charge in [-0.15, -0.1) is 11.3 Å². The van der Waals surface area contributed by atoms with Gasteiger partial charge in [-0.25, -0.2) is 9.97 Å². The van der Waals surface area contributed by atoms with Gasteiger partial charge >= 0.3 is 0 Å². The molecule has 0 aromatic carbocycles. The number of likely N-dealkylation sites (tertiary alicyclic amines) is 1. The quantitative estimate of drug-likeness (QED) is 0.933. The highest BCUT2D eigenvalue weighted by atomic mass is 32.1. The third kappa shape index (κ3) is 3.28. The number of thiophene rings is 1. The zero-order valence-electron chi connectivity index (χ0n) is 13.8. The van der Waals surface area contributed by atoms with E-state index in [1.54, 1.807) is 0 Å². The minimum atomic E-state index is -0.173. The second kappa shape index (κ2) is 6.46. The van der Waals surface area contributed by atoms with Gasteiger partial charge in [0.2, 0.25) is 0 Å². The highest BCUT2D eigenvalue weighted by molar-refractivity contribution is 7.18. The van der Waals surface area contributed by atoms with E-state index in [2.05, 4.69) is 16.0 Å². The molecular formula is C18H25N3OS. The number of aliphatic hydroxyl groups excluding tert-OH is 1. The Bertz CT molecular complexity index is 693. The van der Waals surface area contributed by atoms with Crippen LogP contribution in [-0.2, 0) is 6.54 Å². The Hall–Kier alpha value is -1.04. The number of hydrogen-bond acceptors (Lipinski definition) is 5. The first-order valence-electron chi connectivity index (χ1n) is 8.86. The predicted octanol–water partition coefficient (Wildman–Crippen LogP) is 3.61. The molecule has 1 N–H and O–H groups in total. The lowest BCUT2D eigenvalue weighted by molar-refractivity contribution is 0.174. The summed E-state index contributed by atoms with van der Waals surface area (Å²) in [6, 6.07) is 2.36. The third-order valence-corrected chi connectivity index (χ3v) is 6.42. The van der Waals surface area contributed by atoms with Crippen molar-refractivity contribution in [3.63, 3.8) is 0 Å². The molecule has 23 heavy (non-hydrogen) atoms. The Morgan fingerprint density at radius 3 is 2.78 bits per heavy atom. The maximum Gasteiger partial charge on any atom is 0.127 e. The van der Waals surface area contributed by atoms with Gasteiger partial charge in [0.05, 0.1) is 11.8 Å². The van der Waals surface area contributed by atoms with Gasteiger partial charge in [-0.2, -0.15) is 0 Å². The van der Waals surface area contributed by atoms with Crippen LogP contribution in [0.1, 0.15) is 60.8 Å². The van der Waals surface area contributed by atoms with Crippen LogP contribution < -0.4 is 0 Å². The van der Waals surface area contributed by atoms with Gasteiger partial charge in [-0.05, 0) is 38.2 Å². The monoisotopic (exact) mass is 331 g/mol. The van der Waals surface area contributed by atoms with Crippen molar-refractivity contribution in [2.45, 2.75) is 64.0 Å². The molecule has 3 heterocycles. The van der Waals surface area contributed by atoms with Crippen molar-refractivity contribution in [2.75, 3.05) is 13.1 Å². The van der Waals surface area contributed by atoms with E-state index in [4.69, 9.17) is 4.98 Å². The number of nitrogens with zero attached hydrogens (tertiary/aromatic N) is 3. The van der Waals surface area contributed by atoms with Gasteiger partial charge in [-0.3, -0.25) is 4.90 Å². The van der Waals surface area contributed by atoms with Crippen LogP contribution in [-0.4, -0.2) is 39.2 Å². The Morgan fingerprint density at radius 2 is 2.04 bits per heavy atom. The molecule has 5 heteroatoms. The lowest BCUT2D eigenvalue weighted by Crippen LogP contribution is -2.22.